The number of nitrogens with two attached hydrogens (primary N) is 4. The Bertz CT molecular complexity index is 6870. The van der Waals surface area contributed by atoms with Gasteiger partial charge in [0.25, 0.3) is 33.5 Å². The number of para-hydroxylation sites is 3. The summed E-state index contributed by atoms with van der Waals surface area (Å²) < 4.78 is 23.2. The zero-order valence-corrected chi connectivity index (χ0v) is 59.6. The number of methoxy groups -OCH3 is 3. The lowest BCUT2D eigenvalue weighted by Crippen LogP contribution is -2.26. The zero-order chi connectivity index (χ0) is 79.1. The van der Waals surface area contributed by atoms with Gasteiger partial charge in [0.1, 0.15) is 22.7 Å². The molecule has 115 heavy (non-hydrogen) atoms. The summed E-state index contributed by atoms with van der Waals surface area (Å²) in [4.78, 5) is 158. The first-order valence-electron chi connectivity index (χ1n) is 34.3. The minimum atomic E-state index is -0.861. The second-order valence-corrected chi connectivity index (χ2v) is 25.7. The summed E-state index contributed by atoms with van der Waals surface area (Å²) in [5.74, 6) is -2.71. The first-order valence-corrected chi connectivity index (χ1v) is 34.3. The van der Waals surface area contributed by atoms with Crippen LogP contribution in [0.2, 0.25) is 0 Å². The van der Waals surface area contributed by atoms with Crippen LogP contribution in [0.5, 0.6) is 11.5 Å². The molecule has 17 rings (SSSR count). The van der Waals surface area contributed by atoms with E-state index in [4.69, 9.17) is 37.1 Å². The van der Waals surface area contributed by atoms with Crippen LogP contribution < -0.4 is 77.8 Å². The van der Waals surface area contributed by atoms with E-state index in [0.717, 1.165) is 59.5 Å². The number of nitro groups is 1. The molecule has 29 nitrogen and oxygen atoms in total. The fourth-order valence-electron chi connectivity index (χ4n) is 14.3. The van der Waals surface area contributed by atoms with Crippen molar-refractivity contribution in [2.45, 2.75) is 55.6 Å². The highest BCUT2D eigenvalue weighted by Gasteiger charge is 2.41. The molecule has 4 aromatic heterocycles. The van der Waals surface area contributed by atoms with Crippen LogP contribution >= 0.6 is 0 Å². The van der Waals surface area contributed by atoms with E-state index in [1.165, 1.54) is 43.5 Å². The molecule has 0 saturated heterocycles. The first kappa shape index (κ1) is 84.8. The van der Waals surface area contributed by atoms with Crippen molar-refractivity contribution in [2.24, 2.45) is 0 Å². The summed E-state index contributed by atoms with van der Waals surface area (Å²) in [5, 5.41) is 38.4. The topological polar surface area (TPSA) is 452 Å². The average Bonchev–Trinajstić information content (AvgIpc) is 1.70. The van der Waals surface area contributed by atoms with Crippen LogP contribution in [0.1, 0.15) is 74.4 Å². The van der Waals surface area contributed by atoms with E-state index in [1.807, 2.05) is 60.7 Å². The molecule has 0 saturated carbocycles. The highest BCUT2D eigenvalue weighted by atomic mass is 16.6. The Morgan fingerprint density at radius 1 is 0.417 bits per heavy atom. The molecular weight excluding hydrogens is 1480 g/mol. The number of carbonyl (C=O) groups is 2. The summed E-state index contributed by atoms with van der Waals surface area (Å²) in [6, 6.07) is 45.7. The molecule has 590 valence electrons. The van der Waals surface area contributed by atoms with Crippen molar-refractivity contribution in [3.63, 3.8) is 0 Å². The Morgan fingerprint density at radius 2 is 0.817 bits per heavy atom. The maximum absolute atomic E-state index is 13.2. The summed E-state index contributed by atoms with van der Waals surface area (Å²) in [5.41, 5.74) is 20.7. The van der Waals surface area contributed by atoms with E-state index < -0.39 is 88.8 Å². The molecule has 16 aromatic rings. The Balaban J connectivity index is 0.000000172. The number of anilines is 6. The molecule has 0 amide bonds. The van der Waals surface area contributed by atoms with Gasteiger partial charge < -0.3 is 57.4 Å². The summed E-state index contributed by atoms with van der Waals surface area (Å²) in [6.07, 6.45) is 0.836. The molecule has 4 heterocycles. The van der Waals surface area contributed by atoms with Crippen LogP contribution in [-0.4, -0.2) is 100 Å². The predicted octanol–water partition coefficient (Wildman–Crippen LogP) is 10.9. The normalized spacial score (nSPS) is 11.4. The number of pyridine rings is 1. The van der Waals surface area contributed by atoms with E-state index in [2.05, 4.69) is 15.0 Å². The van der Waals surface area contributed by atoms with Crippen molar-refractivity contribution in [1.29, 1.82) is 0 Å². The van der Waals surface area contributed by atoms with Gasteiger partial charge in [-0.05, 0) is 66.8 Å². The number of phenols is 2. The number of rotatable bonds is 14. The number of carbonyl (C=O) groups excluding carboxylic acids is 2. The number of phenolic OH excluding ortho intramolecular Hbond substituents is 2. The van der Waals surface area contributed by atoms with Crippen molar-refractivity contribution >= 4 is 154 Å². The van der Waals surface area contributed by atoms with Gasteiger partial charge in [-0.2, -0.15) is 0 Å². The molecule has 0 atom stereocenters. The van der Waals surface area contributed by atoms with Crippen LogP contribution in [0.25, 0.3) is 103 Å². The van der Waals surface area contributed by atoms with Crippen molar-refractivity contribution in [3.8, 4) is 11.5 Å². The van der Waals surface area contributed by atoms with Gasteiger partial charge in [0.15, 0.2) is 21.7 Å². The number of imidazole rings is 1. The molecule has 12 aromatic carbocycles. The molecule has 0 fully saturated rings. The number of nitrogen functional groups attached to an aromatic ring is 4. The minimum absolute atomic E-state index is 0. The number of nitrogens with one attached hydrogen (secondary N) is 1. The van der Waals surface area contributed by atoms with Gasteiger partial charge in [-0.1, -0.05) is 139 Å². The second kappa shape index (κ2) is 34.6. The van der Waals surface area contributed by atoms with E-state index in [9.17, 15) is 73.1 Å². The quantitative estimate of drug-likeness (QED) is 0.0101. The summed E-state index contributed by atoms with van der Waals surface area (Å²) in [7, 11) is 6.33. The van der Waals surface area contributed by atoms with Crippen LogP contribution in [0.3, 0.4) is 0 Å². The smallest absolute Gasteiger partial charge is 0.281 e. The fraction of sp³-hybridized carbons (Fsp3) is 0.186. The lowest BCUT2D eigenvalue weighted by atomic mass is 9.81. The van der Waals surface area contributed by atoms with Crippen LogP contribution in [0.15, 0.2) is 207 Å². The SMILES string of the molecule is C.C.C.C.COC.COCCCn1c(=O)c2c(N)c3c(=O)c4ccccc4c(=O)c3c(N)c2c1=O.COCCOCCCn1c(=O)c2c(N)c3c(=O)c4ccccc4c(=O)c3c(N)c2c1=O.O=C1c2c(O)ccc(Nc3ccccc3)c2C(=O)c2c([N+](=O)[O-])ccc(O)c21.O=c1c2cccc3cccc(c32)c2nc3ccccc3n12. The standard InChI is InChI=1S/C22H21N3O6.C20H17N3O5.C20H12N2O6.C18H10N2O.C2H6O.4CH4/c1-30-9-10-31-8-4-7-25-21(28)15-16(22(25)29)18(24)14-13(17(15)23)19(26)11-5-2-3-6-12(11)20(14)27;1-28-8-4-7-23-19(26)13-14(20(23)27)16(22)12-11(15(13)21)17(24)9-5-2-3-6-10(9)18(12)25;23-13-8-6-11(21-10-4-2-1-3-5-10)15-17(13)20(26)18-14(24)9-7-12(22(27)28)16(18)19(15)25;21-18-13-8-4-6-11-5-3-7-12(16(11)13)17-19-14-9-1-2-10-15(14)20(17)18;1-3-2;;;;/h2-3,5-6H,4,7-10,23-24H2,1H3;2-3,5-6H,4,7-8,21-22H2,1H3;1-9,21,23-24H;1-10H;1-2H3;4*1H4. The molecule has 0 aliphatic heterocycles. The number of aromatic hydroxyl groups is 2. The van der Waals surface area contributed by atoms with Gasteiger partial charge in [-0.25, -0.2) is 4.98 Å². The van der Waals surface area contributed by atoms with Gasteiger partial charge in [0, 0.05) is 104 Å². The lowest BCUT2D eigenvalue weighted by Gasteiger charge is -2.22. The molecule has 1 aliphatic carbocycles. The molecule has 11 N–H and O–H groups in total. The maximum atomic E-state index is 13.2. The van der Waals surface area contributed by atoms with E-state index >= 15 is 0 Å². The molecule has 1 aliphatic rings. The van der Waals surface area contributed by atoms with Crippen LogP contribution in [-0.2, 0) is 32.0 Å². The predicted molar refractivity (Wildman–Crippen MR) is 455 cm³/mol. The Morgan fingerprint density at radius 3 is 1.28 bits per heavy atom. The number of ketones is 2. The van der Waals surface area contributed by atoms with Gasteiger partial charge in [0.05, 0.1) is 117 Å². The van der Waals surface area contributed by atoms with E-state index in [1.54, 1.807) is 80.3 Å². The van der Waals surface area contributed by atoms with Gasteiger partial charge >= 0.3 is 0 Å². The number of hydrogen-bond acceptors (Lipinski definition) is 25. The molecule has 29 heteroatoms. The van der Waals surface area contributed by atoms with Gasteiger partial charge in [-0.3, -0.25) is 76.4 Å². The number of nitrogens with zero attached hydrogens (tertiary/aromatic N) is 5. The maximum Gasteiger partial charge on any atom is 0.281 e. The first-order chi connectivity index (χ1) is 53.4. The molecule has 0 unspecified atom stereocenters. The number of fused-ring (bicyclic) bond motifs is 12. The largest absolute Gasteiger partial charge is 0.507 e. The number of hydrogen-bond donors (Lipinski definition) is 7. The highest BCUT2D eigenvalue weighted by Crippen LogP contribution is 2.44. The third-order valence-corrected chi connectivity index (χ3v) is 19.2. The Kier molecular flexibility index (Phi) is 25.5. The Hall–Kier alpha value is -14.3. The molecule has 0 bridgehead atoms. The van der Waals surface area contributed by atoms with Crippen molar-refractivity contribution < 1.29 is 43.7 Å². The second-order valence-electron chi connectivity index (χ2n) is 25.7. The number of benzene rings is 12. The van der Waals surface area contributed by atoms with Crippen molar-refractivity contribution in [2.75, 3.05) is 83.1 Å². The lowest BCUT2D eigenvalue weighted by molar-refractivity contribution is -0.385. The zero-order valence-electron chi connectivity index (χ0n) is 59.6. The van der Waals surface area contributed by atoms with Crippen LogP contribution in [0.4, 0.5) is 39.8 Å². The van der Waals surface area contributed by atoms with E-state index in [-0.39, 0.29) is 153 Å². The third-order valence-electron chi connectivity index (χ3n) is 19.2. The Labute approximate surface area is 652 Å². The minimum Gasteiger partial charge on any atom is -0.507 e. The monoisotopic (exact) mass is 1560 g/mol. The third kappa shape index (κ3) is 14.3. The average molecular weight is 1560 g/mol. The molecular formula is C86H82N10O19. The van der Waals surface area contributed by atoms with Crippen LogP contribution in [0, 0.1) is 10.1 Å². The number of ether oxygens (including phenoxy) is 4. The molecule has 0 radical (unpaired) electrons. The highest BCUT2D eigenvalue weighted by molar-refractivity contribution is 6.33. The summed E-state index contributed by atoms with van der Waals surface area (Å²) >= 11 is 0. The number of aromatic nitrogens is 4. The number of nitro benzene ring substituents is 1. The van der Waals surface area contributed by atoms with Crippen molar-refractivity contribution in [1.82, 2.24) is 18.5 Å². The van der Waals surface area contributed by atoms with Gasteiger partial charge in [-0.15, -0.1) is 0 Å². The summed E-state index contributed by atoms with van der Waals surface area (Å²) in [6.45, 7) is 1.73. The van der Waals surface area contributed by atoms with Crippen molar-refractivity contribution in [3.05, 3.63) is 289 Å². The van der Waals surface area contributed by atoms with Gasteiger partial charge in [0.2, 0.25) is 11.6 Å². The molecule has 0 spiro atoms. The van der Waals surface area contributed by atoms with E-state index in [0.29, 0.717) is 45.0 Å². The fourth-order valence-corrected chi connectivity index (χ4v) is 14.3.